The van der Waals surface area contributed by atoms with Gasteiger partial charge in [-0.25, -0.2) is 0 Å². The molecule has 1 heterocycles. The molecule has 0 radical (unpaired) electrons. The molecule has 0 spiro atoms. The second-order valence-electron chi connectivity index (χ2n) is 5.47. The van der Waals surface area contributed by atoms with Crippen molar-refractivity contribution in [3.8, 4) is 11.5 Å². The van der Waals surface area contributed by atoms with Gasteiger partial charge in [-0.1, -0.05) is 12.1 Å². The number of para-hydroxylation sites is 2. The average molecular weight is 357 g/mol. The van der Waals surface area contributed by atoms with Crippen LogP contribution in [-0.2, 0) is 9.59 Å². The van der Waals surface area contributed by atoms with E-state index in [1.165, 1.54) is 24.3 Å². The number of hydrogen-bond acceptors (Lipinski definition) is 6. The van der Waals surface area contributed by atoms with Crippen molar-refractivity contribution in [1.82, 2.24) is 5.32 Å². The number of carbonyl (C=O) groups excluding carboxylic acids is 2. The number of non-ortho nitro benzene ring substituents is 1. The molecule has 1 aliphatic heterocycles. The summed E-state index contributed by atoms with van der Waals surface area (Å²) in [5.41, 5.74) is 0.170. The summed E-state index contributed by atoms with van der Waals surface area (Å²) in [6.45, 7) is 0.349. The van der Waals surface area contributed by atoms with Crippen LogP contribution >= 0.6 is 0 Å². The summed E-state index contributed by atoms with van der Waals surface area (Å²) in [5.74, 6) is -0.513. The number of nitro benzene ring substituents is 1. The highest BCUT2D eigenvalue weighted by Gasteiger charge is 2.22. The van der Waals surface area contributed by atoms with Gasteiger partial charge in [-0.15, -0.1) is 0 Å². The highest BCUT2D eigenvalue weighted by Crippen LogP contribution is 2.30. The van der Waals surface area contributed by atoms with Crippen molar-refractivity contribution in [2.45, 2.75) is 6.10 Å². The molecule has 26 heavy (non-hydrogen) atoms. The quantitative estimate of drug-likeness (QED) is 0.486. The summed E-state index contributed by atoms with van der Waals surface area (Å²) in [4.78, 5) is 33.8. The number of anilines is 1. The van der Waals surface area contributed by atoms with Gasteiger partial charge in [-0.2, -0.15) is 0 Å². The Kier molecular flexibility index (Phi) is 4.97. The predicted molar refractivity (Wildman–Crippen MR) is 91.1 cm³/mol. The molecule has 0 saturated carbocycles. The van der Waals surface area contributed by atoms with E-state index in [4.69, 9.17) is 9.47 Å². The van der Waals surface area contributed by atoms with Gasteiger partial charge < -0.3 is 20.1 Å². The lowest BCUT2D eigenvalue weighted by molar-refractivity contribution is -0.384. The largest absolute Gasteiger partial charge is 0.486 e. The number of nitrogens with one attached hydrogen (secondary N) is 2. The Hall–Kier alpha value is -3.62. The number of fused-ring (bicyclic) bond motifs is 1. The molecule has 0 aliphatic carbocycles. The van der Waals surface area contributed by atoms with Gasteiger partial charge in [0.1, 0.15) is 12.7 Å². The second kappa shape index (κ2) is 7.51. The van der Waals surface area contributed by atoms with Crippen LogP contribution in [0.4, 0.5) is 11.4 Å². The van der Waals surface area contributed by atoms with Crippen molar-refractivity contribution < 1.29 is 24.0 Å². The lowest BCUT2D eigenvalue weighted by Gasteiger charge is -2.26. The van der Waals surface area contributed by atoms with Gasteiger partial charge in [-0.3, -0.25) is 19.7 Å². The van der Waals surface area contributed by atoms with E-state index in [1.54, 1.807) is 18.2 Å². The fraction of sp³-hybridized carbons (Fsp3) is 0.176. The molecule has 0 fully saturated rings. The van der Waals surface area contributed by atoms with Crippen LogP contribution in [0.25, 0.3) is 0 Å². The van der Waals surface area contributed by atoms with E-state index in [0.29, 0.717) is 11.5 Å². The number of hydrogen-bond donors (Lipinski definition) is 2. The first-order valence-electron chi connectivity index (χ1n) is 7.75. The molecule has 1 atom stereocenters. The van der Waals surface area contributed by atoms with E-state index in [0.717, 1.165) is 0 Å². The van der Waals surface area contributed by atoms with E-state index in [9.17, 15) is 19.7 Å². The van der Waals surface area contributed by atoms with Crippen LogP contribution in [0.3, 0.4) is 0 Å². The molecule has 2 N–H and O–H groups in total. The minimum absolute atomic E-state index is 0.0981. The first-order valence-corrected chi connectivity index (χ1v) is 7.75. The molecule has 3 rings (SSSR count). The number of nitro groups is 1. The molecule has 134 valence electrons. The zero-order chi connectivity index (χ0) is 18.5. The summed E-state index contributed by atoms with van der Waals surface area (Å²) in [6, 6.07) is 12.3. The number of nitrogens with zero attached hydrogens (tertiary/aromatic N) is 1. The molecule has 0 bridgehead atoms. The summed E-state index contributed by atoms with van der Waals surface area (Å²) < 4.78 is 11.2. The van der Waals surface area contributed by atoms with Crippen molar-refractivity contribution in [3.63, 3.8) is 0 Å². The van der Waals surface area contributed by atoms with Crippen molar-refractivity contribution >= 4 is 23.2 Å². The summed E-state index contributed by atoms with van der Waals surface area (Å²) in [5, 5.41) is 15.4. The van der Waals surface area contributed by atoms with Gasteiger partial charge >= 0.3 is 11.8 Å². The van der Waals surface area contributed by atoms with Gasteiger partial charge in [0.25, 0.3) is 5.69 Å². The molecule has 1 unspecified atom stereocenters. The van der Waals surface area contributed by atoms with Gasteiger partial charge in [0.05, 0.1) is 11.5 Å². The van der Waals surface area contributed by atoms with Crippen LogP contribution < -0.4 is 20.1 Å². The van der Waals surface area contributed by atoms with Crippen LogP contribution in [0.5, 0.6) is 11.5 Å². The Morgan fingerprint density at radius 3 is 2.46 bits per heavy atom. The first kappa shape index (κ1) is 17.2. The minimum atomic E-state index is -0.879. The van der Waals surface area contributed by atoms with E-state index in [2.05, 4.69) is 10.6 Å². The molecular weight excluding hydrogens is 342 g/mol. The van der Waals surface area contributed by atoms with Crippen LogP contribution in [0, 0.1) is 10.1 Å². The van der Waals surface area contributed by atoms with E-state index < -0.39 is 22.8 Å². The Morgan fingerprint density at radius 1 is 1.08 bits per heavy atom. The zero-order valence-electron chi connectivity index (χ0n) is 13.5. The SMILES string of the molecule is O=C(NCC1COc2ccccc2O1)C(=O)Nc1ccc([N+](=O)[O-])cc1. The smallest absolute Gasteiger partial charge is 0.313 e. The third-order valence-corrected chi connectivity index (χ3v) is 3.60. The average Bonchev–Trinajstić information content (AvgIpc) is 2.66. The maximum Gasteiger partial charge on any atom is 0.313 e. The van der Waals surface area contributed by atoms with E-state index >= 15 is 0 Å². The van der Waals surface area contributed by atoms with Crippen molar-refractivity contribution in [1.29, 1.82) is 0 Å². The zero-order valence-corrected chi connectivity index (χ0v) is 13.5. The number of carbonyl (C=O) groups is 2. The molecule has 2 aromatic carbocycles. The third kappa shape index (κ3) is 4.07. The predicted octanol–water partition coefficient (Wildman–Crippen LogP) is 1.49. The normalized spacial score (nSPS) is 15.0. The van der Waals surface area contributed by atoms with Gasteiger partial charge in [0.2, 0.25) is 0 Å². The van der Waals surface area contributed by atoms with E-state index in [-0.39, 0.29) is 24.5 Å². The molecule has 0 aromatic heterocycles. The fourth-order valence-corrected chi connectivity index (χ4v) is 2.30. The molecule has 1 aliphatic rings. The molecule has 9 nitrogen and oxygen atoms in total. The molecule has 9 heteroatoms. The van der Waals surface area contributed by atoms with E-state index in [1.807, 2.05) is 6.07 Å². The molecule has 0 saturated heterocycles. The van der Waals surface area contributed by atoms with Crippen LogP contribution in [0.2, 0.25) is 0 Å². The topological polar surface area (TPSA) is 120 Å². The lowest BCUT2D eigenvalue weighted by atomic mass is 10.2. The minimum Gasteiger partial charge on any atom is -0.486 e. The second-order valence-corrected chi connectivity index (χ2v) is 5.47. The third-order valence-electron chi connectivity index (χ3n) is 3.60. The molecule has 2 aromatic rings. The highest BCUT2D eigenvalue weighted by molar-refractivity contribution is 6.39. The lowest BCUT2D eigenvalue weighted by Crippen LogP contribution is -2.44. The monoisotopic (exact) mass is 357 g/mol. The van der Waals surface area contributed by atoms with Crippen molar-refractivity contribution in [2.75, 3.05) is 18.5 Å². The van der Waals surface area contributed by atoms with Crippen LogP contribution in [0.15, 0.2) is 48.5 Å². The fourth-order valence-electron chi connectivity index (χ4n) is 2.30. The Morgan fingerprint density at radius 2 is 1.77 bits per heavy atom. The van der Waals surface area contributed by atoms with Gasteiger partial charge in [0.15, 0.2) is 11.5 Å². The summed E-state index contributed by atoms with van der Waals surface area (Å²) >= 11 is 0. The Balaban J connectivity index is 1.49. The molecular formula is C17H15N3O6. The summed E-state index contributed by atoms with van der Waals surface area (Å²) in [7, 11) is 0. The number of amides is 2. The Bertz CT molecular complexity index is 837. The standard InChI is InChI=1S/C17H15N3O6/c21-16(17(22)19-11-5-7-12(8-6-11)20(23)24)18-9-13-10-25-14-3-1-2-4-15(14)26-13/h1-8,13H,9-10H2,(H,18,21)(H,19,22). The maximum absolute atomic E-state index is 11.9. The van der Waals surface area contributed by atoms with Gasteiger partial charge in [-0.05, 0) is 24.3 Å². The molecule has 2 amide bonds. The van der Waals surface area contributed by atoms with Crippen LogP contribution in [-0.4, -0.2) is 36.0 Å². The van der Waals surface area contributed by atoms with Crippen LogP contribution in [0.1, 0.15) is 0 Å². The van der Waals surface area contributed by atoms with Crippen molar-refractivity contribution in [3.05, 3.63) is 58.6 Å². The highest BCUT2D eigenvalue weighted by atomic mass is 16.6. The Labute approximate surface area is 148 Å². The van der Waals surface area contributed by atoms with Gasteiger partial charge in [0, 0.05) is 17.8 Å². The van der Waals surface area contributed by atoms with Crippen molar-refractivity contribution in [2.24, 2.45) is 0 Å². The first-order chi connectivity index (χ1) is 12.5. The summed E-state index contributed by atoms with van der Waals surface area (Å²) in [6.07, 6.45) is -0.416. The number of rotatable bonds is 4. The number of ether oxygens (including phenoxy) is 2. The number of benzene rings is 2. The maximum atomic E-state index is 11.9.